The molecule has 29 heavy (non-hydrogen) atoms. The maximum absolute atomic E-state index is 12.2. The molecule has 1 atom stereocenters. The van der Waals surface area contributed by atoms with E-state index < -0.39 is 0 Å². The number of nitrogens with zero attached hydrogens (tertiary/aromatic N) is 3. The third-order valence-electron chi connectivity index (χ3n) is 4.42. The van der Waals surface area contributed by atoms with Gasteiger partial charge < -0.3 is 10.1 Å². The number of hydrogen-bond donors (Lipinski definition) is 1. The van der Waals surface area contributed by atoms with Gasteiger partial charge in [-0.1, -0.05) is 30.3 Å². The molecule has 6 nitrogen and oxygen atoms in total. The molecule has 0 radical (unpaired) electrons. The van der Waals surface area contributed by atoms with Gasteiger partial charge in [0.25, 0.3) is 0 Å². The van der Waals surface area contributed by atoms with Gasteiger partial charge in [-0.15, -0.1) is 10.2 Å². The van der Waals surface area contributed by atoms with Gasteiger partial charge in [0.05, 0.1) is 12.9 Å². The van der Waals surface area contributed by atoms with Crippen molar-refractivity contribution in [2.45, 2.75) is 31.5 Å². The Morgan fingerprint density at radius 3 is 2.48 bits per heavy atom. The van der Waals surface area contributed by atoms with Crippen molar-refractivity contribution in [3.63, 3.8) is 0 Å². The van der Waals surface area contributed by atoms with Crippen LogP contribution in [-0.2, 0) is 4.79 Å². The zero-order valence-corrected chi connectivity index (χ0v) is 18.1. The number of benzene rings is 2. The van der Waals surface area contributed by atoms with Gasteiger partial charge in [0.2, 0.25) is 5.91 Å². The summed E-state index contributed by atoms with van der Waals surface area (Å²) in [6.45, 7) is 4.03. The van der Waals surface area contributed by atoms with Gasteiger partial charge in [-0.25, -0.2) is 0 Å². The second kappa shape index (κ2) is 9.80. The normalized spacial score (nSPS) is 11.9. The zero-order valence-electron chi connectivity index (χ0n) is 16.6. The van der Waals surface area contributed by atoms with Crippen LogP contribution in [0.5, 0.6) is 5.75 Å². The van der Waals surface area contributed by atoms with E-state index in [2.05, 4.69) is 15.5 Å². The van der Waals surface area contributed by atoms with E-state index >= 15 is 0 Å². The number of halogens is 1. The van der Waals surface area contributed by atoms with Crippen molar-refractivity contribution in [1.82, 2.24) is 20.1 Å². The summed E-state index contributed by atoms with van der Waals surface area (Å²) in [5, 5.41) is 13.0. The van der Waals surface area contributed by atoms with Crippen molar-refractivity contribution in [3.05, 3.63) is 53.6 Å². The van der Waals surface area contributed by atoms with Crippen molar-refractivity contribution in [2.24, 2.45) is 0 Å². The zero-order chi connectivity index (χ0) is 20.8. The van der Waals surface area contributed by atoms with Crippen LogP contribution < -0.4 is 10.1 Å². The lowest BCUT2D eigenvalue weighted by atomic mass is 10.2. The minimum atomic E-state index is -0.0262. The fourth-order valence-corrected chi connectivity index (χ4v) is 3.55. The molecule has 0 aliphatic heterocycles. The number of thioether (sulfide) groups is 1. The van der Waals surface area contributed by atoms with Gasteiger partial charge in [0.15, 0.2) is 11.0 Å². The number of ether oxygens (including phenoxy) is 1. The topological polar surface area (TPSA) is 69.0 Å². The Bertz CT molecular complexity index is 958. The average Bonchev–Trinajstić information content (AvgIpc) is 3.16. The number of methoxy groups -OCH3 is 1. The monoisotopic (exact) mass is 430 g/mol. The highest BCUT2D eigenvalue weighted by Gasteiger charge is 2.18. The lowest BCUT2D eigenvalue weighted by Crippen LogP contribution is -2.33. The number of rotatable bonds is 8. The van der Waals surface area contributed by atoms with Crippen LogP contribution in [0.15, 0.2) is 53.7 Å². The Balaban J connectivity index is 1.93. The summed E-state index contributed by atoms with van der Waals surface area (Å²) >= 11 is 7.38. The third-order valence-corrected chi connectivity index (χ3v) is 5.60. The smallest absolute Gasteiger partial charge is 0.230 e. The highest BCUT2D eigenvalue weighted by Crippen LogP contribution is 2.29. The Labute approximate surface area is 179 Å². The van der Waals surface area contributed by atoms with E-state index in [4.69, 9.17) is 16.3 Å². The molecule has 0 fully saturated rings. The molecule has 3 aromatic rings. The number of aromatic nitrogens is 3. The van der Waals surface area contributed by atoms with Gasteiger partial charge in [-0.3, -0.25) is 9.36 Å². The summed E-state index contributed by atoms with van der Waals surface area (Å²) in [6, 6.07) is 15.2. The molecule has 1 heterocycles. The van der Waals surface area contributed by atoms with Crippen LogP contribution in [0.25, 0.3) is 17.1 Å². The molecule has 0 saturated heterocycles. The van der Waals surface area contributed by atoms with Crippen molar-refractivity contribution < 1.29 is 9.53 Å². The summed E-state index contributed by atoms with van der Waals surface area (Å²) in [4.78, 5) is 12.2. The molecule has 0 aliphatic rings. The minimum absolute atomic E-state index is 0.0262. The molecule has 1 aromatic heterocycles. The molecule has 0 saturated carbocycles. The van der Waals surface area contributed by atoms with E-state index in [9.17, 15) is 4.79 Å². The van der Waals surface area contributed by atoms with E-state index in [0.717, 1.165) is 23.4 Å². The average molecular weight is 431 g/mol. The van der Waals surface area contributed by atoms with Crippen molar-refractivity contribution in [3.8, 4) is 22.8 Å². The highest BCUT2D eigenvalue weighted by molar-refractivity contribution is 7.99. The van der Waals surface area contributed by atoms with E-state index in [-0.39, 0.29) is 17.7 Å². The molecule has 1 N–H and O–H groups in total. The van der Waals surface area contributed by atoms with Gasteiger partial charge >= 0.3 is 0 Å². The van der Waals surface area contributed by atoms with Gasteiger partial charge in [0.1, 0.15) is 5.75 Å². The first-order chi connectivity index (χ1) is 14.0. The Morgan fingerprint density at radius 2 is 1.86 bits per heavy atom. The van der Waals surface area contributed by atoms with Crippen LogP contribution in [-0.4, -0.2) is 39.6 Å². The van der Waals surface area contributed by atoms with E-state index in [1.807, 2.05) is 66.9 Å². The lowest BCUT2D eigenvalue weighted by Gasteiger charge is -2.13. The summed E-state index contributed by atoms with van der Waals surface area (Å²) in [5.41, 5.74) is 1.76. The molecular weight excluding hydrogens is 408 g/mol. The first kappa shape index (κ1) is 21.2. The van der Waals surface area contributed by atoms with Gasteiger partial charge in [-0.05, 0) is 61.9 Å². The quantitative estimate of drug-likeness (QED) is 0.529. The van der Waals surface area contributed by atoms with Crippen molar-refractivity contribution in [1.29, 1.82) is 0 Å². The van der Waals surface area contributed by atoms with Gasteiger partial charge in [-0.2, -0.15) is 0 Å². The van der Waals surface area contributed by atoms with E-state index in [1.54, 1.807) is 7.11 Å². The maximum Gasteiger partial charge on any atom is 0.230 e. The molecule has 2 aromatic carbocycles. The number of carbonyl (C=O) groups excluding carboxylic acids is 1. The van der Waals surface area contributed by atoms with Gasteiger partial charge in [0, 0.05) is 22.3 Å². The number of hydrogen-bond acceptors (Lipinski definition) is 5. The number of amides is 1. The van der Waals surface area contributed by atoms with E-state index in [0.29, 0.717) is 16.0 Å². The predicted molar refractivity (Wildman–Crippen MR) is 117 cm³/mol. The molecule has 0 spiro atoms. The fourth-order valence-electron chi connectivity index (χ4n) is 2.66. The highest BCUT2D eigenvalue weighted by atomic mass is 35.5. The molecule has 3 rings (SSSR count). The molecule has 1 amide bonds. The molecular formula is C21H23ClN4O2S. The van der Waals surface area contributed by atoms with Crippen LogP contribution >= 0.6 is 23.4 Å². The Morgan fingerprint density at radius 1 is 1.17 bits per heavy atom. The van der Waals surface area contributed by atoms with Crippen LogP contribution in [0, 0.1) is 0 Å². The Hall–Kier alpha value is -2.51. The first-order valence-corrected chi connectivity index (χ1v) is 10.7. The standard InChI is InChI=1S/C21H23ClN4O2S/c1-4-14(2)23-19(27)13-29-21-25-24-20(15-5-7-16(22)8-6-15)26(21)17-9-11-18(28-3)12-10-17/h5-12,14H,4,13H2,1-3H3,(H,23,27). The molecule has 8 heteroatoms. The first-order valence-electron chi connectivity index (χ1n) is 9.29. The van der Waals surface area contributed by atoms with E-state index in [1.165, 1.54) is 11.8 Å². The molecule has 0 aliphatic carbocycles. The fraction of sp³-hybridized carbons (Fsp3) is 0.286. The second-order valence-electron chi connectivity index (χ2n) is 6.51. The second-order valence-corrected chi connectivity index (χ2v) is 7.89. The summed E-state index contributed by atoms with van der Waals surface area (Å²) in [5.74, 6) is 1.68. The summed E-state index contributed by atoms with van der Waals surface area (Å²) in [7, 11) is 1.63. The SMILES string of the molecule is CCC(C)NC(=O)CSc1nnc(-c2ccc(Cl)cc2)n1-c1ccc(OC)cc1. The van der Waals surface area contributed by atoms with Crippen LogP contribution in [0.4, 0.5) is 0 Å². The van der Waals surface area contributed by atoms with Crippen LogP contribution in [0.1, 0.15) is 20.3 Å². The molecule has 152 valence electrons. The predicted octanol–water partition coefficient (Wildman–Crippen LogP) is 4.60. The Kier molecular flexibility index (Phi) is 7.17. The third kappa shape index (κ3) is 5.31. The number of carbonyl (C=O) groups is 1. The number of nitrogens with one attached hydrogen (secondary N) is 1. The van der Waals surface area contributed by atoms with Crippen molar-refractivity contribution in [2.75, 3.05) is 12.9 Å². The van der Waals surface area contributed by atoms with Crippen LogP contribution in [0.3, 0.4) is 0 Å². The van der Waals surface area contributed by atoms with Crippen LogP contribution in [0.2, 0.25) is 5.02 Å². The lowest BCUT2D eigenvalue weighted by molar-refractivity contribution is -0.119. The van der Waals surface area contributed by atoms with Crippen molar-refractivity contribution >= 4 is 29.3 Å². The maximum atomic E-state index is 12.2. The minimum Gasteiger partial charge on any atom is -0.497 e. The summed E-state index contributed by atoms with van der Waals surface area (Å²) in [6.07, 6.45) is 0.888. The molecule has 1 unspecified atom stereocenters. The largest absolute Gasteiger partial charge is 0.497 e. The molecule has 0 bridgehead atoms. The summed E-state index contributed by atoms with van der Waals surface area (Å²) < 4.78 is 7.19.